The van der Waals surface area contributed by atoms with Gasteiger partial charge in [0.15, 0.2) is 0 Å². The zero-order valence-electron chi connectivity index (χ0n) is 9.42. The number of H-pyrrole nitrogens is 1. The SMILES string of the molecule is CCCCCC(C)Nc1cn[nH]c(=O)c1. The van der Waals surface area contributed by atoms with E-state index in [-0.39, 0.29) is 5.56 Å². The molecular weight excluding hydrogens is 190 g/mol. The molecule has 1 unspecified atom stereocenters. The zero-order valence-corrected chi connectivity index (χ0v) is 9.42. The number of rotatable bonds is 6. The van der Waals surface area contributed by atoms with Crippen molar-refractivity contribution in [3.63, 3.8) is 0 Å². The van der Waals surface area contributed by atoms with Crippen molar-refractivity contribution in [2.75, 3.05) is 5.32 Å². The predicted octanol–water partition coefficient (Wildman–Crippen LogP) is 2.15. The Morgan fingerprint density at radius 1 is 1.53 bits per heavy atom. The molecule has 2 N–H and O–H groups in total. The van der Waals surface area contributed by atoms with E-state index in [2.05, 4.69) is 29.4 Å². The van der Waals surface area contributed by atoms with Gasteiger partial charge in [-0.2, -0.15) is 5.10 Å². The lowest BCUT2D eigenvalue weighted by molar-refractivity contribution is 0.614. The van der Waals surface area contributed by atoms with Crippen LogP contribution in [0.3, 0.4) is 0 Å². The standard InChI is InChI=1S/C11H19N3O/c1-3-4-5-6-9(2)13-10-7-11(15)14-12-8-10/h7-9H,3-6H2,1-2H3,(H2,13,14,15). The molecule has 0 aromatic carbocycles. The van der Waals surface area contributed by atoms with Gasteiger partial charge in [0.25, 0.3) is 5.56 Å². The third kappa shape index (κ3) is 4.63. The molecule has 1 rings (SSSR count). The lowest BCUT2D eigenvalue weighted by atomic mass is 10.1. The largest absolute Gasteiger partial charge is 0.381 e. The highest BCUT2D eigenvalue weighted by molar-refractivity contribution is 5.39. The van der Waals surface area contributed by atoms with E-state index in [1.54, 1.807) is 6.20 Å². The molecule has 15 heavy (non-hydrogen) atoms. The maximum atomic E-state index is 11.0. The summed E-state index contributed by atoms with van der Waals surface area (Å²) in [6, 6.07) is 1.92. The minimum absolute atomic E-state index is 0.166. The number of unbranched alkanes of at least 4 members (excludes halogenated alkanes) is 2. The van der Waals surface area contributed by atoms with E-state index in [9.17, 15) is 4.79 Å². The fourth-order valence-electron chi connectivity index (χ4n) is 1.51. The monoisotopic (exact) mass is 209 g/mol. The average Bonchev–Trinajstić information content (AvgIpc) is 2.18. The van der Waals surface area contributed by atoms with Crippen molar-refractivity contribution in [3.8, 4) is 0 Å². The smallest absolute Gasteiger partial charge is 0.266 e. The number of hydrogen-bond acceptors (Lipinski definition) is 3. The van der Waals surface area contributed by atoms with E-state index >= 15 is 0 Å². The molecule has 1 aromatic heterocycles. The minimum Gasteiger partial charge on any atom is -0.381 e. The number of aromatic amines is 1. The molecule has 0 aliphatic rings. The van der Waals surface area contributed by atoms with Crippen molar-refractivity contribution in [2.45, 2.75) is 45.6 Å². The highest BCUT2D eigenvalue weighted by atomic mass is 16.1. The molecule has 0 amide bonds. The summed E-state index contributed by atoms with van der Waals surface area (Å²) in [5.41, 5.74) is 0.628. The number of anilines is 1. The maximum absolute atomic E-state index is 11.0. The first-order chi connectivity index (χ1) is 7.22. The van der Waals surface area contributed by atoms with Crippen molar-refractivity contribution < 1.29 is 0 Å². The first kappa shape index (κ1) is 11.8. The normalized spacial score (nSPS) is 12.4. The molecule has 0 aliphatic heterocycles. The van der Waals surface area contributed by atoms with Crippen LogP contribution in [-0.2, 0) is 0 Å². The van der Waals surface area contributed by atoms with E-state index in [0.29, 0.717) is 6.04 Å². The number of nitrogens with one attached hydrogen (secondary N) is 2. The van der Waals surface area contributed by atoms with E-state index < -0.39 is 0 Å². The second kappa shape index (κ2) is 6.22. The zero-order chi connectivity index (χ0) is 11.1. The number of hydrogen-bond donors (Lipinski definition) is 2. The third-order valence-corrected chi connectivity index (χ3v) is 2.32. The summed E-state index contributed by atoms with van der Waals surface area (Å²) in [6.45, 7) is 4.32. The molecule has 0 saturated heterocycles. The Morgan fingerprint density at radius 3 is 3.00 bits per heavy atom. The highest BCUT2D eigenvalue weighted by Gasteiger charge is 2.01. The van der Waals surface area contributed by atoms with Crippen LogP contribution in [0.2, 0.25) is 0 Å². The molecule has 1 atom stereocenters. The quantitative estimate of drug-likeness (QED) is 0.706. The van der Waals surface area contributed by atoms with E-state index in [1.807, 2.05) is 0 Å². The van der Waals surface area contributed by atoms with Crippen LogP contribution in [0.1, 0.15) is 39.5 Å². The van der Waals surface area contributed by atoms with Gasteiger partial charge in [-0.3, -0.25) is 4.79 Å². The summed E-state index contributed by atoms with van der Waals surface area (Å²) in [5, 5.41) is 9.34. The van der Waals surface area contributed by atoms with Gasteiger partial charge in [-0.15, -0.1) is 0 Å². The Hall–Kier alpha value is -1.32. The van der Waals surface area contributed by atoms with Gasteiger partial charge in [0.05, 0.1) is 11.9 Å². The molecule has 1 heterocycles. The Morgan fingerprint density at radius 2 is 2.33 bits per heavy atom. The van der Waals surface area contributed by atoms with Crippen LogP contribution in [0.5, 0.6) is 0 Å². The lowest BCUT2D eigenvalue weighted by Crippen LogP contribution is -2.17. The van der Waals surface area contributed by atoms with Crippen molar-refractivity contribution in [2.24, 2.45) is 0 Å². The van der Waals surface area contributed by atoms with Gasteiger partial charge in [-0.25, -0.2) is 5.10 Å². The van der Waals surface area contributed by atoms with E-state index in [4.69, 9.17) is 0 Å². The fourth-order valence-corrected chi connectivity index (χ4v) is 1.51. The molecule has 0 bridgehead atoms. The Bertz CT molecular complexity index is 335. The molecule has 84 valence electrons. The van der Waals surface area contributed by atoms with Gasteiger partial charge < -0.3 is 5.32 Å². The van der Waals surface area contributed by atoms with Crippen LogP contribution in [0.15, 0.2) is 17.1 Å². The van der Waals surface area contributed by atoms with Gasteiger partial charge >= 0.3 is 0 Å². The van der Waals surface area contributed by atoms with Gasteiger partial charge in [-0.1, -0.05) is 26.2 Å². The fraction of sp³-hybridized carbons (Fsp3) is 0.636. The van der Waals surface area contributed by atoms with Crippen LogP contribution in [0, 0.1) is 0 Å². The Balaban J connectivity index is 2.37. The van der Waals surface area contributed by atoms with Crippen molar-refractivity contribution in [3.05, 3.63) is 22.6 Å². The van der Waals surface area contributed by atoms with E-state index in [0.717, 1.165) is 12.1 Å². The van der Waals surface area contributed by atoms with Crippen molar-refractivity contribution in [1.82, 2.24) is 10.2 Å². The molecule has 4 heteroatoms. The molecule has 4 nitrogen and oxygen atoms in total. The van der Waals surface area contributed by atoms with Gasteiger partial charge in [0.1, 0.15) is 0 Å². The first-order valence-corrected chi connectivity index (χ1v) is 5.53. The van der Waals surface area contributed by atoms with Gasteiger partial charge in [-0.05, 0) is 13.3 Å². The van der Waals surface area contributed by atoms with Crippen molar-refractivity contribution in [1.29, 1.82) is 0 Å². The Kier molecular flexibility index (Phi) is 4.87. The number of aromatic nitrogens is 2. The average molecular weight is 209 g/mol. The highest BCUT2D eigenvalue weighted by Crippen LogP contribution is 2.08. The van der Waals surface area contributed by atoms with E-state index in [1.165, 1.54) is 25.3 Å². The van der Waals surface area contributed by atoms with Crippen LogP contribution in [-0.4, -0.2) is 16.2 Å². The summed E-state index contributed by atoms with van der Waals surface area (Å²) in [4.78, 5) is 11.0. The minimum atomic E-state index is -0.166. The maximum Gasteiger partial charge on any atom is 0.266 e. The Labute approximate surface area is 90.1 Å². The lowest BCUT2D eigenvalue weighted by Gasteiger charge is -2.13. The number of nitrogens with zero attached hydrogens (tertiary/aromatic N) is 1. The predicted molar refractivity (Wildman–Crippen MR) is 62.1 cm³/mol. The first-order valence-electron chi connectivity index (χ1n) is 5.53. The molecule has 0 radical (unpaired) electrons. The second-order valence-electron chi connectivity index (χ2n) is 3.88. The molecule has 0 saturated carbocycles. The molecule has 1 aromatic rings. The van der Waals surface area contributed by atoms with Crippen LogP contribution in [0.25, 0.3) is 0 Å². The summed E-state index contributed by atoms with van der Waals surface area (Å²) in [6.07, 6.45) is 6.48. The summed E-state index contributed by atoms with van der Waals surface area (Å²) in [7, 11) is 0. The summed E-state index contributed by atoms with van der Waals surface area (Å²) >= 11 is 0. The second-order valence-corrected chi connectivity index (χ2v) is 3.88. The van der Waals surface area contributed by atoms with Crippen LogP contribution < -0.4 is 10.9 Å². The molecule has 0 spiro atoms. The third-order valence-electron chi connectivity index (χ3n) is 2.32. The molecule has 0 fully saturated rings. The van der Waals surface area contributed by atoms with Crippen LogP contribution >= 0.6 is 0 Å². The van der Waals surface area contributed by atoms with Crippen LogP contribution in [0.4, 0.5) is 5.69 Å². The molecular formula is C11H19N3O. The van der Waals surface area contributed by atoms with Gasteiger partial charge in [0.2, 0.25) is 0 Å². The van der Waals surface area contributed by atoms with Crippen molar-refractivity contribution >= 4 is 5.69 Å². The van der Waals surface area contributed by atoms with Gasteiger partial charge in [0, 0.05) is 12.1 Å². The summed E-state index contributed by atoms with van der Waals surface area (Å²) < 4.78 is 0. The topological polar surface area (TPSA) is 57.8 Å². The summed E-state index contributed by atoms with van der Waals surface area (Å²) in [5.74, 6) is 0. The molecule has 0 aliphatic carbocycles.